The second kappa shape index (κ2) is 6.75. The molecule has 0 aliphatic carbocycles. The van der Waals surface area contributed by atoms with Crippen LogP contribution in [0.2, 0.25) is 0 Å². The monoisotopic (exact) mass is 376 g/mol. The Morgan fingerprint density at radius 1 is 1.17 bits per heavy atom. The number of carboxylic acid groups (broad SMARTS) is 1. The van der Waals surface area contributed by atoms with Crippen molar-refractivity contribution in [3.05, 3.63) is 63.1 Å². The summed E-state index contributed by atoms with van der Waals surface area (Å²) in [5, 5.41) is 8.94. The van der Waals surface area contributed by atoms with Crippen LogP contribution in [0.4, 0.5) is 0 Å². The summed E-state index contributed by atoms with van der Waals surface area (Å²) in [5.74, 6) is -0.0285. The van der Waals surface area contributed by atoms with Gasteiger partial charge in [-0.3, -0.25) is 0 Å². The largest absolute Gasteiger partial charge is 0.488 e. The zero-order chi connectivity index (χ0) is 17.2. The van der Waals surface area contributed by atoms with E-state index in [1.54, 1.807) is 24.3 Å². The maximum atomic E-state index is 10.9. The van der Waals surface area contributed by atoms with Crippen molar-refractivity contribution in [3.63, 3.8) is 0 Å². The van der Waals surface area contributed by atoms with Gasteiger partial charge in [0.15, 0.2) is 0 Å². The molecule has 0 atom stereocenters. The van der Waals surface area contributed by atoms with Crippen molar-refractivity contribution in [3.8, 4) is 5.75 Å². The highest BCUT2D eigenvalue weighted by Crippen LogP contribution is 2.36. The molecule has 0 aromatic heterocycles. The van der Waals surface area contributed by atoms with Crippen LogP contribution in [0.3, 0.4) is 0 Å². The summed E-state index contributed by atoms with van der Waals surface area (Å²) in [6.07, 6.45) is 0. The zero-order valence-corrected chi connectivity index (χ0v) is 15.4. The average molecular weight is 377 g/mol. The van der Waals surface area contributed by atoms with Gasteiger partial charge in [-0.2, -0.15) is 0 Å². The molecule has 0 unspecified atom stereocenters. The first-order valence-corrected chi connectivity index (χ1v) is 8.23. The minimum atomic E-state index is -0.920. The van der Waals surface area contributed by atoms with E-state index in [0.717, 1.165) is 26.9 Å². The summed E-state index contributed by atoms with van der Waals surface area (Å²) < 4.78 is 7.11. The summed E-state index contributed by atoms with van der Waals surface area (Å²) in [4.78, 5) is 10.9. The van der Waals surface area contributed by atoms with Gasteiger partial charge in [0, 0.05) is 10.0 Å². The smallest absolute Gasteiger partial charge is 0.335 e. The lowest BCUT2D eigenvalue weighted by Gasteiger charge is -2.25. The molecule has 23 heavy (non-hydrogen) atoms. The van der Waals surface area contributed by atoms with E-state index in [2.05, 4.69) is 42.8 Å². The highest BCUT2D eigenvalue weighted by molar-refractivity contribution is 9.10. The number of benzene rings is 2. The van der Waals surface area contributed by atoms with E-state index in [9.17, 15) is 4.79 Å². The lowest BCUT2D eigenvalue weighted by atomic mass is 9.85. The van der Waals surface area contributed by atoms with Gasteiger partial charge in [-0.05, 0) is 47.7 Å². The number of rotatable bonds is 4. The molecule has 2 rings (SSSR count). The molecule has 0 aliphatic rings. The number of ether oxygens (including phenoxy) is 1. The number of halogens is 1. The van der Waals surface area contributed by atoms with Crippen LogP contribution in [0.25, 0.3) is 0 Å². The Kier molecular flexibility index (Phi) is 5.15. The minimum absolute atomic E-state index is 0.0307. The number of hydrogen-bond donors (Lipinski definition) is 1. The van der Waals surface area contributed by atoms with Crippen molar-refractivity contribution in [2.24, 2.45) is 0 Å². The Bertz CT molecular complexity index is 713. The molecule has 0 fully saturated rings. The van der Waals surface area contributed by atoms with Crippen molar-refractivity contribution in [2.75, 3.05) is 0 Å². The predicted molar refractivity (Wildman–Crippen MR) is 95.3 cm³/mol. The molecule has 0 saturated carbocycles. The van der Waals surface area contributed by atoms with Crippen LogP contribution >= 0.6 is 15.9 Å². The van der Waals surface area contributed by atoms with E-state index in [-0.39, 0.29) is 11.0 Å². The molecule has 0 spiro atoms. The SMILES string of the molecule is Cc1cc(Br)cc(C(C)(C)C)c1OCc1ccc(C(=O)O)cc1. The second-order valence-corrected chi connectivity index (χ2v) is 7.56. The van der Waals surface area contributed by atoms with Gasteiger partial charge < -0.3 is 9.84 Å². The maximum Gasteiger partial charge on any atom is 0.335 e. The normalized spacial score (nSPS) is 11.3. The van der Waals surface area contributed by atoms with Gasteiger partial charge in [0.05, 0.1) is 5.56 Å². The lowest BCUT2D eigenvalue weighted by Crippen LogP contribution is -2.14. The van der Waals surface area contributed by atoms with Crippen LogP contribution in [0.15, 0.2) is 40.9 Å². The summed E-state index contributed by atoms with van der Waals surface area (Å²) in [5.41, 5.74) is 3.41. The summed E-state index contributed by atoms with van der Waals surface area (Å²) in [6.45, 7) is 8.91. The summed E-state index contributed by atoms with van der Waals surface area (Å²) >= 11 is 3.55. The van der Waals surface area contributed by atoms with Crippen LogP contribution in [-0.2, 0) is 12.0 Å². The minimum Gasteiger partial charge on any atom is -0.488 e. The first kappa shape index (κ1) is 17.5. The summed E-state index contributed by atoms with van der Waals surface area (Å²) in [7, 11) is 0. The van der Waals surface area contributed by atoms with E-state index in [1.807, 2.05) is 13.0 Å². The van der Waals surface area contributed by atoms with Crippen LogP contribution in [0.5, 0.6) is 5.75 Å². The molecule has 2 aromatic carbocycles. The number of aryl methyl sites for hydroxylation is 1. The standard InChI is InChI=1S/C19H21BrO3/c1-12-9-15(20)10-16(19(2,3)4)17(12)23-11-13-5-7-14(8-6-13)18(21)22/h5-10H,11H2,1-4H3,(H,21,22). The van der Waals surface area contributed by atoms with Crippen LogP contribution < -0.4 is 4.74 Å². The highest BCUT2D eigenvalue weighted by Gasteiger charge is 2.21. The molecule has 122 valence electrons. The van der Waals surface area contributed by atoms with Gasteiger partial charge in [0.1, 0.15) is 12.4 Å². The van der Waals surface area contributed by atoms with E-state index in [4.69, 9.17) is 9.84 Å². The third-order valence-electron chi connectivity index (χ3n) is 3.63. The number of aromatic carboxylic acids is 1. The molecule has 2 aromatic rings. The van der Waals surface area contributed by atoms with Crippen molar-refractivity contribution < 1.29 is 14.6 Å². The Morgan fingerprint density at radius 2 is 1.78 bits per heavy atom. The zero-order valence-electron chi connectivity index (χ0n) is 13.8. The molecule has 0 bridgehead atoms. The topological polar surface area (TPSA) is 46.5 Å². The van der Waals surface area contributed by atoms with Crippen molar-refractivity contribution >= 4 is 21.9 Å². The lowest BCUT2D eigenvalue weighted by molar-refractivity contribution is 0.0697. The van der Waals surface area contributed by atoms with Gasteiger partial charge >= 0.3 is 5.97 Å². The van der Waals surface area contributed by atoms with Crippen molar-refractivity contribution in [1.82, 2.24) is 0 Å². The fourth-order valence-corrected chi connectivity index (χ4v) is 2.95. The molecular weight excluding hydrogens is 356 g/mol. The Labute approximate surface area is 145 Å². The maximum absolute atomic E-state index is 10.9. The quantitative estimate of drug-likeness (QED) is 0.783. The van der Waals surface area contributed by atoms with E-state index in [1.165, 1.54) is 0 Å². The third kappa shape index (κ3) is 4.35. The summed E-state index contributed by atoms with van der Waals surface area (Å²) in [6, 6.07) is 10.9. The van der Waals surface area contributed by atoms with Crippen LogP contribution in [0, 0.1) is 6.92 Å². The molecule has 0 aliphatic heterocycles. The molecule has 3 nitrogen and oxygen atoms in total. The predicted octanol–water partition coefficient (Wildman–Crippen LogP) is 5.33. The third-order valence-corrected chi connectivity index (χ3v) is 4.09. The molecule has 0 radical (unpaired) electrons. The van der Waals surface area contributed by atoms with Crippen LogP contribution in [0.1, 0.15) is 47.8 Å². The first-order chi connectivity index (χ1) is 10.7. The Hall–Kier alpha value is -1.81. The number of carbonyl (C=O) groups is 1. The van der Waals surface area contributed by atoms with E-state index >= 15 is 0 Å². The van der Waals surface area contributed by atoms with Gasteiger partial charge in [0.2, 0.25) is 0 Å². The van der Waals surface area contributed by atoms with Gasteiger partial charge in [0.25, 0.3) is 0 Å². The van der Waals surface area contributed by atoms with Crippen molar-refractivity contribution in [2.45, 2.75) is 39.7 Å². The van der Waals surface area contributed by atoms with Gasteiger partial charge in [-0.15, -0.1) is 0 Å². The van der Waals surface area contributed by atoms with E-state index < -0.39 is 5.97 Å². The average Bonchev–Trinajstić information content (AvgIpc) is 2.45. The fourth-order valence-electron chi connectivity index (χ4n) is 2.38. The Balaban J connectivity index is 2.25. The van der Waals surface area contributed by atoms with Gasteiger partial charge in [-0.25, -0.2) is 4.79 Å². The first-order valence-electron chi connectivity index (χ1n) is 7.44. The van der Waals surface area contributed by atoms with Crippen molar-refractivity contribution in [1.29, 1.82) is 0 Å². The number of hydrogen-bond acceptors (Lipinski definition) is 2. The van der Waals surface area contributed by atoms with Crippen LogP contribution in [-0.4, -0.2) is 11.1 Å². The Morgan fingerprint density at radius 3 is 2.30 bits per heavy atom. The molecule has 0 heterocycles. The molecule has 1 N–H and O–H groups in total. The molecule has 0 saturated heterocycles. The highest BCUT2D eigenvalue weighted by atomic mass is 79.9. The fraction of sp³-hybridized carbons (Fsp3) is 0.316. The number of carboxylic acids is 1. The van der Waals surface area contributed by atoms with E-state index in [0.29, 0.717) is 6.61 Å². The molecule has 4 heteroatoms. The second-order valence-electron chi connectivity index (χ2n) is 6.64. The molecular formula is C19H21BrO3. The molecule has 0 amide bonds. The van der Waals surface area contributed by atoms with Gasteiger partial charge in [-0.1, -0.05) is 48.8 Å².